The number of ether oxygens (including phenoxy) is 1. The fourth-order valence-corrected chi connectivity index (χ4v) is 3.62. The van der Waals surface area contributed by atoms with Crippen molar-refractivity contribution in [3.8, 4) is 11.1 Å². The molecule has 0 bridgehead atoms. The lowest BCUT2D eigenvalue weighted by Crippen LogP contribution is -2.38. The molecule has 1 fully saturated rings. The molecule has 0 radical (unpaired) electrons. The molecule has 3 rings (SSSR count). The SMILES string of the molecule is CCOC(=O)[C@H]1CCCN(Cc2cncc(-c3ccc(Cl)c(Cl)c3)c2)C1. The molecule has 0 spiro atoms. The van der Waals surface area contributed by atoms with Crippen LogP contribution in [0.5, 0.6) is 0 Å². The minimum atomic E-state index is -0.0834. The topological polar surface area (TPSA) is 42.4 Å². The van der Waals surface area contributed by atoms with E-state index in [2.05, 4.69) is 16.0 Å². The molecule has 1 aliphatic heterocycles. The summed E-state index contributed by atoms with van der Waals surface area (Å²) in [6.45, 7) is 4.75. The number of nitrogens with zero attached hydrogens (tertiary/aromatic N) is 2. The predicted octanol–water partition coefficient (Wildman–Crippen LogP) is 4.83. The van der Waals surface area contributed by atoms with E-state index in [1.54, 1.807) is 6.07 Å². The highest BCUT2D eigenvalue weighted by atomic mass is 35.5. The van der Waals surface area contributed by atoms with Gasteiger partial charge in [0.05, 0.1) is 22.6 Å². The van der Waals surface area contributed by atoms with Gasteiger partial charge in [-0.2, -0.15) is 0 Å². The van der Waals surface area contributed by atoms with Crippen LogP contribution in [0, 0.1) is 5.92 Å². The third-order valence-corrected chi connectivity index (χ3v) is 5.32. The molecule has 1 aromatic heterocycles. The summed E-state index contributed by atoms with van der Waals surface area (Å²) in [6, 6.07) is 7.69. The number of rotatable bonds is 5. The van der Waals surface area contributed by atoms with Gasteiger partial charge in [0.2, 0.25) is 0 Å². The third-order valence-electron chi connectivity index (χ3n) is 4.58. The summed E-state index contributed by atoms with van der Waals surface area (Å²) in [4.78, 5) is 18.7. The number of pyridine rings is 1. The third kappa shape index (κ3) is 4.76. The lowest BCUT2D eigenvalue weighted by Gasteiger charge is -2.31. The van der Waals surface area contributed by atoms with Crippen LogP contribution < -0.4 is 0 Å². The second-order valence-electron chi connectivity index (χ2n) is 6.54. The number of likely N-dealkylation sites (tertiary alicyclic amines) is 1. The summed E-state index contributed by atoms with van der Waals surface area (Å²) >= 11 is 12.1. The number of aromatic nitrogens is 1. The van der Waals surface area contributed by atoms with Crippen molar-refractivity contribution in [1.29, 1.82) is 0 Å². The van der Waals surface area contributed by atoms with Crippen molar-refractivity contribution in [1.82, 2.24) is 9.88 Å². The molecular formula is C20H22Cl2N2O2. The molecule has 0 saturated carbocycles. The number of esters is 1. The molecule has 1 atom stereocenters. The van der Waals surface area contributed by atoms with Crippen LogP contribution >= 0.6 is 23.2 Å². The van der Waals surface area contributed by atoms with Gasteiger partial charge in [-0.3, -0.25) is 14.7 Å². The number of benzene rings is 1. The van der Waals surface area contributed by atoms with Gasteiger partial charge in [-0.25, -0.2) is 0 Å². The molecule has 1 aliphatic rings. The summed E-state index contributed by atoms with van der Waals surface area (Å²) in [5, 5.41) is 1.07. The number of halogens is 2. The second kappa shape index (κ2) is 8.85. The van der Waals surface area contributed by atoms with E-state index in [0.29, 0.717) is 16.7 Å². The summed E-state index contributed by atoms with van der Waals surface area (Å²) in [5.41, 5.74) is 3.09. The van der Waals surface area contributed by atoms with Crippen molar-refractivity contribution in [2.75, 3.05) is 19.7 Å². The average molecular weight is 393 g/mol. The van der Waals surface area contributed by atoms with Gasteiger partial charge in [-0.15, -0.1) is 0 Å². The van der Waals surface area contributed by atoms with Gasteiger partial charge in [0.1, 0.15) is 0 Å². The van der Waals surface area contributed by atoms with E-state index < -0.39 is 0 Å². The highest BCUT2D eigenvalue weighted by Gasteiger charge is 2.26. The quantitative estimate of drug-likeness (QED) is 0.683. The fourth-order valence-electron chi connectivity index (χ4n) is 3.32. The molecule has 1 saturated heterocycles. The first-order chi connectivity index (χ1) is 12.6. The minimum absolute atomic E-state index is 0.0325. The van der Waals surface area contributed by atoms with E-state index in [1.807, 2.05) is 31.5 Å². The first-order valence-corrected chi connectivity index (χ1v) is 9.60. The molecule has 2 aromatic rings. The van der Waals surface area contributed by atoms with Crippen LogP contribution in [-0.2, 0) is 16.1 Å². The number of hydrogen-bond donors (Lipinski definition) is 0. The molecule has 1 aromatic carbocycles. The zero-order chi connectivity index (χ0) is 18.5. The van der Waals surface area contributed by atoms with Crippen LogP contribution in [0.3, 0.4) is 0 Å². The Labute approximate surface area is 164 Å². The Morgan fingerprint density at radius 3 is 2.85 bits per heavy atom. The van der Waals surface area contributed by atoms with Gasteiger partial charge in [-0.05, 0) is 55.6 Å². The number of carbonyl (C=O) groups excluding carboxylic acids is 1. The van der Waals surface area contributed by atoms with Gasteiger partial charge in [0.15, 0.2) is 0 Å². The van der Waals surface area contributed by atoms with Gasteiger partial charge in [0, 0.05) is 31.0 Å². The fraction of sp³-hybridized carbons (Fsp3) is 0.400. The highest BCUT2D eigenvalue weighted by molar-refractivity contribution is 6.42. The maximum absolute atomic E-state index is 12.0. The first-order valence-electron chi connectivity index (χ1n) is 8.85. The average Bonchev–Trinajstić information content (AvgIpc) is 2.65. The largest absolute Gasteiger partial charge is 0.466 e. The van der Waals surface area contributed by atoms with E-state index in [1.165, 1.54) is 0 Å². The summed E-state index contributed by atoms with van der Waals surface area (Å²) in [6.07, 6.45) is 5.59. The molecule has 0 amide bonds. The van der Waals surface area contributed by atoms with Crippen LogP contribution in [0.4, 0.5) is 0 Å². The molecule has 0 N–H and O–H groups in total. The van der Waals surface area contributed by atoms with Gasteiger partial charge in [0.25, 0.3) is 0 Å². The second-order valence-corrected chi connectivity index (χ2v) is 7.35. The van der Waals surface area contributed by atoms with Crippen molar-refractivity contribution >= 4 is 29.2 Å². The Morgan fingerprint density at radius 2 is 2.08 bits per heavy atom. The van der Waals surface area contributed by atoms with Gasteiger partial charge in [-0.1, -0.05) is 29.3 Å². The molecular weight excluding hydrogens is 371 g/mol. The smallest absolute Gasteiger partial charge is 0.310 e. The molecule has 6 heteroatoms. The van der Waals surface area contributed by atoms with E-state index >= 15 is 0 Å². The number of piperidine rings is 1. The summed E-state index contributed by atoms with van der Waals surface area (Å²) in [5.74, 6) is -0.116. The van der Waals surface area contributed by atoms with E-state index in [4.69, 9.17) is 27.9 Å². The zero-order valence-corrected chi connectivity index (χ0v) is 16.3. The van der Waals surface area contributed by atoms with Crippen LogP contribution in [-0.4, -0.2) is 35.5 Å². The van der Waals surface area contributed by atoms with Crippen LogP contribution in [0.15, 0.2) is 36.7 Å². The zero-order valence-electron chi connectivity index (χ0n) is 14.8. The van der Waals surface area contributed by atoms with Gasteiger partial charge < -0.3 is 4.74 Å². The Morgan fingerprint density at radius 1 is 1.23 bits per heavy atom. The Hall–Kier alpha value is -1.62. The number of carbonyl (C=O) groups is 1. The maximum Gasteiger partial charge on any atom is 0.310 e. The predicted molar refractivity (Wildman–Crippen MR) is 104 cm³/mol. The molecule has 26 heavy (non-hydrogen) atoms. The standard InChI is InChI=1S/C20H22Cl2N2O2/c1-2-26-20(25)16-4-3-7-24(13-16)12-14-8-17(11-23-10-14)15-5-6-18(21)19(22)9-15/h5-6,8-11,16H,2-4,7,12-13H2,1H3/t16-/m0/s1. The van der Waals surface area contributed by atoms with Crippen molar-refractivity contribution in [3.63, 3.8) is 0 Å². The van der Waals surface area contributed by atoms with Crippen LogP contribution in [0.25, 0.3) is 11.1 Å². The van der Waals surface area contributed by atoms with Crippen LogP contribution in [0.1, 0.15) is 25.3 Å². The Balaban J connectivity index is 1.70. The van der Waals surface area contributed by atoms with E-state index in [9.17, 15) is 4.79 Å². The Bertz CT molecular complexity index is 782. The Kier molecular flexibility index (Phi) is 6.52. The highest BCUT2D eigenvalue weighted by Crippen LogP contribution is 2.29. The summed E-state index contributed by atoms with van der Waals surface area (Å²) < 4.78 is 5.18. The summed E-state index contributed by atoms with van der Waals surface area (Å²) in [7, 11) is 0. The minimum Gasteiger partial charge on any atom is -0.466 e. The normalized spacial score (nSPS) is 17.9. The molecule has 2 heterocycles. The lowest BCUT2D eigenvalue weighted by atomic mass is 9.97. The van der Waals surface area contributed by atoms with Crippen molar-refractivity contribution in [2.24, 2.45) is 5.92 Å². The molecule has 0 aliphatic carbocycles. The van der Waals surface area contributed by atoms with E-state index in [0.717, 1.165) is 49.2 Å². The molecule has 138 valence electrons. The number of hydrogen-bond acceptors (Lipinski definition) is 4. The van der Waals surface area contributed by atoms with E-state index in [-0.39, 0.29) is 11.9 Å². The molecule has 0 unspecified atom stereocenters. The molecule has 4 nitrogen and oxygen atoms in total. The van der Waals surface area contributed by atoms with Crippen molar-refractivity contribution in [3.05, 3.63) is 52.3 Å². The van der Waals surface area contributed by atoms with Crippen molar-refractivity contribution in [2.45, 2.75) is 26.3 Å². The van der Waals surface area contributed by atoms with Crippen molar-refractivity contribution < 1.29 is 9.53 Å². The van der Waals surface area contributed by atoms with Gasteiger partial charge >= 0.3 is 5.97 Å². The first kappa shape index (κ1) is 19.2. The maximum atomic E-state index is 12.0. The van der Waals surface area contributed by atoms with Crippen LogP contribution in [0.2, 0.25) is 10.0 Å². The lowest BCUT2D eigenvalue weighted by molar-refractivity contribution is -0.150. The monoisotopic (exact) mass is 392 g/mol.